The number of rotatable bonds is 4. The fourth-order valence-corrected chi connectivity index (χ4v) is 0.476. The topological polar surface area (TPSA) is 52.6 Å². The van der Waals surface area contributed by atoms with Gasteiger partial charge in [0.05, 0.1) is 0 Å². The number of methoxy groups -OCH3 is 2. The largest absolute Gasteiger partial charge is 0.349 e. The molecule has 0 aromatic carbocycles. The maximum absolute atomic E-state index is 10.7. The molecular weight excluding hydrogens is 136 g/mol. The summed E-state index contributed by atoms with van der Waals surface area (Å²) >= 11 is 0. The highest BCUT2D eigenvalue weighted by atomic mass is 16.7. The first-order valence-corrected chi connectivity index (χ1v) is 2.73. The van der Waals surface area contributed by atoms with E-state index < -0.39 is 17.9 Å². The molecule has 0 aliphatic rings. The Bertz CT molecular complexity index is 137. The van der Waals surface area contributed by atoms with E-state index in [1.807, 2.05) is 0 Å². The van der Waals surface area contributed by atoms with Crippen LogP contribution in [0.3, 0.4) is 0 Å². The Labute approximate surface area is 59.1 Å². The number of ketones is 2. The van der Waals surface area contributed by atoms with Crippen molar-refractivity contribution >= 4 is 11.6 Å². The normalized spacial score (nSPS) is 10.0. The Morgan fingerprint density at radius 3 is 1.70 bits per heavy atom. The van der Waals surface area contributed by atoms with Crippen LogP contribution in [-0.2, 0) is 19.1 Å². The van der Waals surface area contributed by atoms with Crippen LogP contribution < -0.4 is 0 Å². The lowest BCUT2D eigenvalue weighted by Crippen LogP contribution is -2.29. The van der Waals surface area contributed by atoms with Crippen molar-refractivity contribution in [3.05, 3.63) is 0 Å². The Morgan fingerprint density at radius 2 is 1.60 bits per heavy atom. The first-order valence-electron chi connectivity index (χ1n) is 2.73. The van der Waals surface area contributed by atoms with E-state index in [1.165, 1.54) is 21.1 Å². The third kappa shape index (κ3) is 2.24. The molecule has 0 saturated carbocycles. The van der Waals surface area contributed by atoms with Crippen molar-refractivity contribution < 1.29 is 19.1 Å². The number of hydrogen-bond donors (Lipinski definition) is 0. The zero-order valence-electron chi connectivity index (χ0n) is 6.21. The van der Waals surface area contributed by atoms with Crippen molar-refractivity contribution in [3.63, 3.8) is 0 Å². The summed E-state index contributed by atoms with van der Waals surface area (Å²) in [4.78, 5) is 21.1. The van der Waals surface area contributed by atoms with Gasteiger partial charge in [0.25, 0.3) is 5.78 Å². The summed E-state index contributed by atoms with van der Waals surface area (Å²) in [5, 5.41) is 0. The van der Waals surface area contributed by atoms with E-state index >= 15 is 0 Å². The Balaban J connectivity index is 4.02. The second-order valence-corrected chi connectivity index (χ2v) is 1.72. The summed E-state index contributed by atoms with van der Waals surface area (Å²) in [6.07, 6.45) is -1.04. The molecule has 0 fully saturated rings. The fraction of sp³-hybridized carbons (Fsp3) is 0.667. The second kappa shape index (κ2) is 4.14. The highest BCUT2D eigenvalue weighted by Gasteiger charge is 2.20. The van der Waals surface area contributed by atoms with E-state index in [0.29, 0.717) is 0 Å². The number of carbonyl (C=O) groups excluding carboxylic acids is 2. The van der Waals surface area contributed by atoms with Gasteiger partial charge in [-0.25, -0.2) is 0 Å². The first kappa shape index (κ1) is 9.26. The Morgan fingerprint density at radius 1 is 1.20 bits per heavy atom. The number of ether oxygens (including phenoxy) is 2. The molecule has 0 atom stereocenters. The van der Waals surface area contributed by atoms with Crippen molar-refractivity contribution in [2.75, 3.05) is 14.2 Å². The lowest BCUT2D eigenvalue weighted by Gasteiger charge is -2.08. The van der Waals surface area contributed by atoms with Crippen LogP contribution in [-0.4, -0.2) is 32.1 Å². The van der Waals surface area contributed by atoms with Crippen LogP contribution in [0.5, 0.6) is 0 Å². The molecule has 0 amide bonds. The minimum Gasteiger partial charge on any atom is -0.349 e. The summed E-state index contributed by atoms with van der Waals surface area (Å²) < 4.78 is 9.06. The number of carbonyl (C=O) groups is 2. The van der Waals surface area contributed by atoms with Crippen LogP contribution in [0.1, 0.15) is 6.92 Å². The van der Waals surface area contributed by atoms with E-state index in [-0.39, 0.29) is 0 Å². The summed E-state index contributed by atoms with van der Waals surface area (Å²) in [6, 6.07) is 0. The standard InChI is InChI=1S/C6H10O4/c1-4(7)5(8)6(9-2)10-3/h6H,1-3H3. The van der Waals surface area contributed by atoms with E-state index in [4.69, 9.17) is 0 Å². The second-order valence-electron chi connectivity index (χ2n) is 1.72. The van der Waals surface area contributed by atoms with Crippen LogP contribution in [0.15, 0.2) is 0 Å². The van der Waals surface area contributed by atoms with Gasteiger partial charge in [-0.2, -0.15) is 0 Å². The molecule has 0 aromatic rings. The van der Waals surface area contributed by atoms with Gasteiger partial charge < -0.3 is 9.47 Å². The summed E-state index contributed by atoms with van der Waals surface area (Å²) in [5.74, 6) is -1.22. The zero-order chi connectivity index (χ0) is 8.15. The molecule has 0 saturated heterocycles. The van der Waals surface area contributed by atoms with Crippen LogP contribution >= 0.6 is 0 Å². The smallest absolute Gasteiger partial charge is 0.253 e. The van der Waals surface area contributed by atoms with Crippen molar-refractivity contribution in [2.24, 2.45) is 0 Å². The lowest BCUT2D eigenvalue weighted by molar-refractivity contribution is -0.161. The molecule has 0 aliphatic carbocycles. The van der Waals surface area contributed by atoms with Crippen LogP contribution in [0.25, 0.3) is 0 Å². The molecule has 58 valence electrons. The lowest BCUT2D eigenvalue weighted by atomic mass is 10.3. The highest BCUT2D eigenvalue weighted by molar-refractivity contribution is 6.37. The van der Waals surface area contributed by atoms with Gasteiger partial charge in [-0.3, -0.25) is 9.59 Å². The Kier molecular flexibility index (Phi) is 3.83. The van der Waals surface area contributed by atoms with Crippen LogP contribution in [0.4, 0.5) is 0 Å². The number of Topliss-reactive ketones (excluding diaryl/α,β-unsaturated/α-hetero) is 2. The molecule has 0 spiro atoms. The molecule has 0 aromatic heterocycles. The van der Waals surface area contributed by atoms with E-state index in [0.717, 1.165) is 0 Å². The molecular formula is C6H10O4. The first-order chi connectivity index (χ1) is 4.63. The van der Waals surface area contributed by atoms with Crippen molar-refractivity contribution in [1.29, 1.82) is 0 Å². The van der Waals surface area contributed by atoms with Gasteiger partial charge in [-0.15, -0.1) is 0 Å². The van der Waals surface area contributed by atoms with E-state index in [1.54, 1.807) is 0 Å². The molecule has 0 heterocycles. The van der Waals surface area contributed by atoms with Crippen molar-refractivity contribution in [1.82, 2.24) is 0 Å². The fourth-order valence-electron chi connectivity index (χ4n) is 0.476. The molecule has 0 unspecified atom stereocenters. The van der Waals surface area contributed by atoms with Crippen molar-refractivity contribution in [2.45, 2.75) is 13.2 Å². The predicted molar refractivity (Wildman–Crippen MR) is 33.5 cm³/mol. The van der Waals surface area contributed by atoms with E-state index in [2.05, 4.69) is 9.47 Å². The maximum atomic E-state index is 10.7. The van der Waals surface area contributed by atoms with Crippen molar-refractivity contribution in [3.8, 4) is 0 Å². The molecule has 4 heteroatoms. The quantitative estimate of drug-likeness (QED) is 0.406. The number of hydrogen-bond acceptors (Lipinski definition) is 4. The summed E-state index contributed by atoms with van der Waals surface area (Å²) in [5.41, 5.74) is 0. The average Bonchev–Trinajstić information content (AvgIpc) is 1.90. The van der Waals surface area contributed by atoms with Gasteiger partial charge in [0.1, 0.15) is 0 Å². The monoisotopic (exact) mass is 146 g/mol. The minimum absolute atomic E-state index is 0.561. The molecule has 0 radical (unpaired) electrons. The molecule has 4 nitrogen and oxygen atoms in total. The molecule has 10 heavy (non-hydrogen) atoms. The molecule has 0 bridgehead atoms. The van der Waals surface area contributed by atoms with Gasteiger partial charge >= 0.3 is 0 Å². The van der Waals surface area contributed by atoms with Gasteiger partial charge in [0, 0.05) is 21.1 Å². The van der Waals surface area contributed by atoms with Crippen LogP contribution in [0, 0.1) is 0 Å². The van der Waals surface area contributed by atoms with Gasteiger partial charge in [0.15, 0.2) is 0 Å². The third-order valence-corrected chi connectivity index (χ3v) is 0.989. The summed E-state index contributed by atoms with van der Waals surface area (Å²) in [6.45, 7) is 1.17. The molecule has 0 rings (SSSR count). The Hall–Kier alpha value is -0.740. The average molecular weight is 146 g/mol. The third-order valence-electron chi connectivity index (χ3n) is 0.989. The van der Waals surface area contributed by atoms with Crippen LogP contribution in [0.2, 0.25) is 0 Å². The predicted octanol–water partition coefficient (Wildman–Crippen LogP) is -0.237. The SMILES string of the molecule is COC(OC)C(=O)C(C)=O. The molecule has 0 aliphatic heterocycles. The van der Waals surface area contributed by atoms with Gasteiger partial charge in [-0.05, 0) is 0 Å². The van der Waals surface area contributed by atoms with E-state index in [9.17, 15) is 9.59 Å². The van der Waals surface area contributed by atoms with Gasteiger partial charge in [0.2, 0.25) is 12.1 Å². The maximum Gasteiger partial charge on any atom is 0.253 e. The summed E-state index contributed by atoms with van der Waals surface area (Å²) in [7, 11) is 2.60. The minimum atomic E-state index is -1.04. The highest BCUT2D eigenvalue weighted by Crippen LogP contribution is 1.92. The molecule has 0 N–H and O–H groups in total. The zero-order valence-corrected chi connectivity index (χ0v) is 6.21. The van der Waals surface area contributed by atoms with Gasteiger partial charge in [-0.1, -0.05) is 0 Å².